The Morgan fingerprint density at radius 2 is 1.90 bits per heavy atom. The molecule has 0 atom stereocenters. The van der Waals surface area contributed by atoms with Crippen molar-refractivity contribution in [2.45, 2.75) is 39.0 Å². The van der Waals surface area contributed by atoms with E-state index in [-0.39, 0.29) is 22.5 Å². The number of nitro benzene ring substituents is 1. The Morgan fingerprint density at radius 3 is 2.38 bits per heavy atom. The van der Waals surface area contributed by atoms with E-state index in [4.69, 9.17) is 5.73 Å². The van der Waals surface area contributed by atoms with Gasteiger partial charge in [0, 0.05) is 12.6 Å². The largest absolute Gasteiger partial charge is 0.393 e. The fourth-order valence-electron chi connectivity index (χ4n) is 1.79. The molecule has 0 aliphatic carbocycles. The molecule has 1 aromatic carbocycles. The molecule has 21 heavy (non-hydrogen) atoms. The highest BCUT2D eigenvalue weighted by Crippen LogP contribution is 2.28. The minimum Gasteiger partial charge on any atom is -0.393 e. The lowest BCUT2D eigenvalue weighted by Crippen LogP contribution is -2.28. The van der Waals surface area contributed by atoms with Crippen molar-refractivity contribution in [3.8, 4) is 0 Å². The van der Waals surface area contributed by atoms with Crippen LogP contribution in [-0.2, 0) is 10.0 Å². The Hall–Kier alpha value is -1.67. The summed E-state index contributed by atoms with van der Waals surface area (Å²) in [4.78, 5) is 10.1. The van der Waals surface area contributed by atoms with E-state index in [0.717, 1.165) is 6.07 Å². The average molecular weight is 315 g/mol. The number of rotatable bonds is 5. The molecule has 0 saturated carbocycles. The normalized spacial score (nSPS) is 12.4. The zero-order valence-electron chi connectivity index (χ0n) is 12.6. The highest BCUT2D eigenvalue weighted by Gasteiger charge is 2.23. The molecule has 0 aliphatic heterocycles. The second-order valence-corrected chi connectivity index (χ2v) is 7.88. The lowest BCUT2D eigenvalue weighted by atomic mass is 9.93. The molecule has 0 radical (unpaired) electrons. The summed E-state index contributed by atoms with van der Waals surface area (Å²) in [7, 11) is -3.80. The Kier molecular flexibility index (Phi) is 4.95. The van der Waals surface area contributed by atoms with Gasteiger partial charge in [-0.15, -0.1) is 0 Å². The van der Waals surface area contributed by atoms with Crippen molar-refractivity contribution in [1.29, 1.82) is 0 Å². The van der Waals surface area contributed by atoms with Crippen LogP contribution in [0.4, 0.5) is 11.4 Å². The molecule has 1 aromatic rings. The molecule has 0 amide bonds. The summed E-state index contributed by atoms with van der Waals surface area (Å²) in [5, 5.41) is 10.9. The molecule has 8 heteroatoms. The summed E-state index contributed by atoms with van der Waals surface area (Å²) >= 11 is 0. The first-order chi connectivity index (χ1) is 9.44. The lowest BCUT2D eigenvalue weighted by Gasteiger charge is -2.18. The van der Waals surface area contributed by atoms with Crippen LogP contribution in [0.3, 0.4) is 0 Å². The van der Waals surface area contributed by atoms with Crippen molar-refractivity contribution in [2.24, 2.45) is 5.41 Å². The molecular formula is C13H21N3O4S. The highest BCUT2D eigenvalue weighted by molar-refractivity contribution is 7.89. The predicted molar refractivity (Wildman–Crippen MR) is 81.5 cm³/mol. The van der Waals surface area contributed by atoms with Crippen molar-refractivity contribution in [2.75, 3.05) is 12.3 Å². The zero-order valence-corrected chi connectivity index (χ0v) is 13.5. The quantitative estimate of drug-likeness (QED) is 0.491. The first-order valence-corrected chi connectivity index (χ1v) is 7.96. The van der Waals surface area contributed by atoms with Crippen molar-refractivity contribution in [1.82, 2.24) is 4.72 Å². The van der Waals surface area contributed by atoms with Crippen LogP contribution < -0.4 is 10.5 Å². The van der Waals surface area contributed by atoms with Gasteiger partial charge in [-0.25, -0.2) is 13.1 Å². The second-order valence-electron chi connectivity index (χ2n) is 6.14. The number of nitro groups is 1. The van der Waals surface area contributed by atoms with Gasteiger partial charge in [-0.2, -0.15) is 0 Å². The molecule has 0 unspecified atom stereocenters. The maximum absolute atomic E-state index is 12.3. The smallest absolute Gasteiger partial charge is 0.293 e. The van der Waals surface area contributed by atoms with E-state index in [0.29, 0.717) is 12.0 Å². The first-order valence-electron chi connectivity index (χ1n) is 6.48. The van der Waals surface area contributed by atoms with Crippen molar-refractivity contribution in [3.05, 3.63) is 27.8 Å². The summed E-state index contributed by atoms with van der Waals surface area (Å²) in [6, 6.07) is 2.31. The Labute approximate surface area is 124 Å². The molecule has 1 rings (SSSR count). The number of anilines is 1. The predicted octanol–water partition coefficient (Wildman–Crippen LogP) is 2.20. The number of hydrogen-bond donors (Lipinski definition) is 2. The van der Waals surface area contributed by atoms with Crippen LogP contribution in [0, 0.1) is 22.5 Å². The van der Waals surface area contributed by atoms with Crippen molar-refractivity contribution >= 4 is 21.4 Å². The summed E-state index contributed by atoms with van der Waals surface area (Å²) < 4.78 is 27.0. The van der Waals surface area contributed by atoms with E-state index in [1.165, 1.54) is 6.07 Å². The number of nitrogens with one attached hydrogen (secondary N) is 1. The third kappa shape index (κ3) is 4.68. The third-order valence-corrected chi connectivity index (χ3v) is 4.58. The number of nitrogen functional groups attached to an aromatic ring is 1. The summed E-state index contributed by atoms with van der Waals surface area (Å²) in [5.74, 6) is 0. The van der Waals surface area contributed by atoms with E-state index in [2.05, 4.69) is 4.72 Å². The Balaban J connectivity index is 3.08. The van der Waals surface area contributed by atoms with Crippen LogP contribution in [0.2, 0.25) is 0 Å². The van der Waals surface area contributed by atoms with E-state index in [9.17, 15) is 18.5 Å². The Morgan fingerprint density at radius 1 is 1.33 bits per heavy atom. The van der Waals surface area contributed by atoms with E-state index >= 15 is 0 Å². The van der Waals surface area contributed by atoms with Gasteiger partial charge in [-0.1, -0.05) is 20.8 Å². The second kappa shape index (κ2) is 5.98. The number of nitrogens with zero attached hydrogens (tertiary/aromatic N) is 1. The fourth-order valence-corrected chi connectivity index (χ4v) is 3.06. The van der Waals surface area contributed by atoms with Gasteiger partial charge < -0.3 is 5.73 Å². The van der Waals surface area contributed by atoms with Crippen LogP contribution >= 0.6 is 0 Å². The number of aryl methyl sites for hydroxylation is 1. The third-order valence-electron chi connectivity index (χ3n) is 2.98. The monoisotopic (exact) mass is 315 g/mol. The van der Waals surface area contributed by atoms with Crippen LogP contribution in [0.15, 0.2) is 17.0 Å². The minimum atomic E-state index is -3.80. The maximum Gasteiger partial charge on any atom is 0.293 e. The maximum atomic E-state index is 12.3. The number of nitrogens with two attached hydrogens (primary N) is 1. The number of sulfonamides is 1. The summed E-state index contributed by atoms with van der Waals surface area (Å²) in [5.41, 5.74) is 5.45. The molecule has 0 saturated heterocycles. The zero-order chi connectivity index (χ0) is 16.4. The van der Waals surface area contributed by atoms with Crippen LogP contribution in [0.25, 0.3) is 0 Å². The summed E-state index contributed by atoms with van der Waals surface area (Å²) in [6.07, 6.45) is 0.655. The topological polar surface area (TPSA) is 115 Å². The molecule has 0 heterocycles. The average Bonchev–Trinajstić information content (AvgIpc) is 2.25. The lowest BCUT2D eigenvalue weighted by molar-refractivity contribution is -0.384. The molecule has 0 bridgehead atoms. The SMILES string of the molecule is Cc1cc(N)c([N+](=O)[O-])cc1S(=O)(=O)NCCC(C)(C)C. The minimum absolute atomic E-state index is 0.00925. The van der Waals surface area contributed by atoms with Crippen LogP contribution in [0.1, 0.15) is 32.8 Å². The molecule has 0 fully saturated rings. The van der Waals surface area contributed by atoms with E-state index in [1.807, 2.05) is 20.8 Å². The van der Waals surface area contributed by atoms with Gasteiger partial charge in [0.25, 0.3) is 5.69 Å². The number of benzene rings is 1. The van der Waals surface area contributed by atoms with Gasteiger partial charge in [0.1, 0.15) is 5.69 Å². The molecule has 0 spiro atoms. The molecule has 3 N–H and O–H groups in total. The molecular weight excluding hydrogens is 294 g/mol. The Bertz CT molecular complexity index is 648. The standard InChI is InChI=1S/C13H21N3O4S/c1-9-7-10(14)11(16(17)18)8-12(9)21(19,20)15-6-5-13(2,3)4/h7-8,15H,5-6,14H2,1-4H3. The van der Waals surface area contributed by atoms with E-state index < -0.39 is 20.6 Å². The van der Waals surface area contributed by atoms with Gasteiger partial charge >= 0.3 is 0 Å². The molecule has 0 aromatic heterocycles. The van der Waals surface area contributed by atoms with Gasteiger partial charge in [0.05, 0.1) is 9.82 Å². The van der Waals surface area contributed by atoms with Crippen LogP contribution in [0.5, 0.6) is 0 Å². The van der Waals surface area contributed by atoms with E-state index in [1.54, 1.807) is 6.92 Å². The molecule has 0 aliphatic rings. The van der Waals surface area contributed by atoms with Crippen LogP contribution in [-0.4, -0.2) is 19.9 Å². The number of hydrogen-bond acceptors (Lipinski definition) is 5. The summed E-state index contributed by atoms with van der Waals surface area (Å²) in [6.45, 7) is 7.82. The van der Waals surface area contributed by atoms with Crippen molar-refractivity contribution in [3.63, 3.8) is 0 Å². The molecule has 118 valence electrons. The van der Waals surface area contributed by atoms with Crippen molar-refractivity contribution < 1.29 is 13.3 Å². The van der Waals surface area contributed by atoms with Gasteiger partial charge in [0.15, 0.2) is 0 Å². The first kappa shape index (κ1) is 17.4. The van der Waals surface area contributed by atoms with Gasteiger partial charge in [0.2, 0.25) is 10.0 Å². The molecule has 7 nitrogen and oxygen atoms in total. The van der Waals surface area contributed by atoms with Gasteiger partial charge in [-0.3, -0.25) is 10.1 Å². The van der Waals surface area contributed by atoms with Gasteiger partial charge in [-0.05, 0) is 30.4 Å². The highest BCUT2D eigenvalue weighted by atomic mass is 32.2. The fraction of sp³-hybridized carbons (Fsp3) is 0.538.